The van der Waals surface area contributed by atoms with Gasteiger partial charge in [-0.05, 0) is 30.5 Å². The number of nitrogens with one attached hydrogen (secondary N) is 1. The van der Waals surface area contributed by atoms with E-state index in [1.165, 1.54) is 12.1 Å². The number of methoxy groups -OCH3 is 1. The summed E-state index contributed by atoms with van der Waals surface area (Å²) in [7, 11) is 1.62. The van der Waals surface area contributed by atoms with Gasteiger partial charge in [-0.2, -0.15) is 0 Å². The van der Waals surface area contributed by atoms with Gasteiger partial charge in [-0.1, -0.05) is 12.1 Å². The number of hydrogen-bond donors (Lipinski definition) is 1. The molecule has 1 atom stereocenters. The number of aryl methyl sites for hydroxylation is 1. The van der Waals surface area contributed by atoms with Crippen molar-refractivity contribution in [3.05, 3.63) is 35.6 Å². The van der Waals surface area contributed by atoms with Gasteiger partial charge in [0, 0.05) is 20.2 Å². The fourth-order valence-electron chi connectivity index (χ4n) is 2.48. The van der Waals surface area contributed by atoms with E-state index in [1.54, 1.807) is 18.1 Å². The van der Waals surface area contributed by atoms with Crippen LogP contribution in [0, 0.1) is 5.82 Å². The summed E-state index contributed by atoms with van der Waals surface area (Å²) in [5.74, 6) is -0.223. The molecule has 1 aliphatic rings. The molecule has 0 spiro atoms. The topological polar surface area (TPSA) is 50.8 Å². The van der Waals surface area contributed by atoms with E-state index in [1.807, 2.05) is 6.07 Å². The Bertz CT molecular complexity index is 482. The minimum absolute atomic E-state index is 0.0585. The van der Waals surface area contributed by atoms with Crippen molar-refractivity contribution in [3.8, 4) is 0 Å². The van der Waals surface area contributed by atoms with Gasteiger partial charge in [0.2, 0.25) is 0 Å². The van der Waals surface area contributed by atoms with E-state index in [9.17, 15) is 9.18 Å². The van der Waals surface area contributed by atoms with Crippen molar-refractivity contribution >= 4 is 6.03 Å². The second kappa shape index (κ2) is 8.70. The number of rotatable bonds is 6. The predicted molar refractivity (Wildman–Crippen MR) is 81.3 cm³/mol. The molecule has 122 valence electrons. The van der Waals surface area contributed by atoms with E-state index in [0.717, 1.165) is 18.4 Å². The number of halogens is 1. The first-order valence-corrected chi connectivity index (χ1v) is 7.57. The van der Waals surface area contributed by atoms with Gasteiger partial charge < -0.3 is 19.7 Å². The van der Waals surface area contributed by atoms with E-state index < -0.39 is 0 Å². The summed E-state index contributed by atoms with van der Waals surface area (Å²) < 4.78 is 23.6. The lowest BCUT2D eigenvalue weighted by atomic mass is 10.1. The van der Waals surface area contributed by atoms with E-state index in [4.69, 9.17) is 9.47 Å². The number of carbonyl (C=O) groups excluding carboxylic acids is 1. The molecule has 2 amide bonds. The predicted octanol–water partition coefficient (Wildman–Crippen LogP) is 1.82. The number of morpholine rings is 1. The van der Waals surface area contributed by atoms with Crippen LogP contribution in [0.2, 0.25) is 0 Å². The fourth-order valence-corrected chi connectivity index (χ4v) is 2.48. The molecular formula is C16H23FN2O3. The minimum atomic E-state index is -0.223. The van der Waals surface area contributed by atoms with Gasteiger partial charge in [-0.25, -0.2) is 9.18 Å². The SMILES string of the molecule is COC[C@H]1CN(C(=O)NCCCc2cccc(F)c2)CCO1. The number of urea groups is 1. The second-order valence-corrected chi connectivity index (χ2v) is 5.36. The van der Waals surface area contributed by atoms with Crippen LogP contribution in [0.4, 0.5) is 9.18 Å². The van der Waals surface area contributed by atoms with Crippen LogP contribution < -0.4 is 5.32 Å². The van der Waals surface area contributed by atoms with Crippen LogP contribution in [0.3, 0.4) is 0 Å². The first-order chi connectivity index (χ1) is 10.7. The molecule has 5 nitrogen and oxygen atoms in total. The molecule has 6 heteroatoms. The molecule has 2 rings (SSSR count). The van der Waals surface area contributed by atoms with E-state index in [0.29, 0.717) is 32.8 Å². The molecule has 0 saturated carbocycles. The molecule has 1 aliphatic heterocycles. The molecule has 0 unspecified atom stereocenters. The maximum absolute atomic E-state index is 13.0. The molecule has 0 bridgehead atoms. The smallest absolute Gasteiger partial charge is 0.317 e. The van der Waals surface area contributed by atoms with E-state index in [2.05, 4.69) is 5.32 Å². The fraction of sp³-hybridized carbons (Fsp3) is 0.562. The van der Waals surface area contributed by atoms with Gasteiger partial charge in [0.05, 0.1) is 25.9 Å². The molecule has 1 aromatic carbocycles. The largest absolute Gasteiger partial charge is 0.382 e. The highest BCUT2D eigenvalue weighted by Gasteiger charge is 2.23. The van der Waals surface area contributed by atoms with Crippen LogP contribution >= 0.6 is 0 Å². The monoisotopic (exact) mass is 310 g/mol. The third-order valence-electron chi connectivity index (χ3n) is 3.59. The van der Waals surface area contributed by atoms with Crippen molar-refractivity contribution in [1.29, 1.82) is 0 Å². The van der Waals surface area contributed by atoms with Gasteiger partial charge in [0.15, 0.2) is 0 Å². The van der Waals surface area contributed by atoms with Gasteiger partial charge >= 0.3 is 6.03 Å². The van der Waals surface area contributed by atoms with Crippen LogP contribution in [0.15, 0.2) is 24.3 Å². The lowest BCUT2D eigenvalue weighted by molar-refractivity contribution is -0.0494. The van der Waals surface area contributed by atoms with E-state index >= 15 is 0 Å². The summed E-state index contributed by atoms with van der Waals surface area (Å²) in [6.45, 7) is 2.73. The highest BCUT2D eigenvalue weighted by Crippen LogP contribution is 2.07. The van der Waals surface area contributed by atoms with Crippen molar-refractivity contribution < 1.29 is 18.7 Å². The van der Waals surface area contributed by atoms with Gasteiger partial charge in [-0.3, -0.25) is 0 Å². The summed E-state index contributed by atoms with van der Waals surface area (Å²) >= 11 is 0. The zero-order valence-corrected chi connectivity index (χ0v) is 12.9. The summed E-state index contributed by atoms with van der Waals surface area (Å²) in [5.41, 5.74) is 0.945. The number of ether oxygens (including phenoxy) is 2. The number of nitrogens with zero attached hydrogens (tertiary/aromatic N) is 1. The number of hydrogen-bond acceptors (Lipinski definition) is 3. The number of benzene rings is 1. The third-order valence-corrected chi connectivity index (χ3v) is 3.59. The van der Waals surface area contributed by atoms with Crippen molar-refractivity contribution in [3.63, 3.8) is 0 Å². The standard InChI is InChI=1S/C16H23FN2O3/c1-21-12-15-11-19(8-9-22-15)16(20)18-7-3-5-13-4-2-6-14(17)10-13/h2,4,6,10,15H,3,5,7-9,11-12H2,1H3,(H,18,20)/t15-/m1/s1. The maximum Gasteiger partial charge on any atom is 0.317 e. The molecule has 0 aliphatic carbocycles. The lowest BCUT2D eigenvalue weighted by Crippen LogP contribution is -2.50. The molecule has 0 aromatic heterocycles. The van der Waals surface area contributed by atoms with Crippen molar-refractivity contribution in [1.82, 2.24) is 10.2 Å². The highest BCUT2D eigenvalue weighted by molar-refractivity contribution is 5.74. The van der Waals surface area contributed by atoms with E-state index in [-0.39, 0.29) is 18.0 Å². The molecule has 0 radical (unpaired) electrons. The molecule has 1 heterocycles. The summed E-state index contributed by atoms with van der Waals surface area (Å²) in [5, 5.41) is 2.90. The Kier molecular flexibility index (Phi) is 6.61. The molecule has 1 fully saturated rings. The molecule has 1 aromatic rings. The molecule has 1 saturated heterocycles. The van der Waals surface area contributed by atoms with Crippen LogP contribution in [-0.4, -0.2) is 57.0 Å². The Balaban J connectivity index is 1.67. The zero-order chi connectivity index (χ0) is 15.8. The first-order valence-electron chi connectivity index (χ1n) is 7.57. The van der Waals surface area contributed by atoms with Gasteiger partial charge in [-0.15, -0.1) is 0 Å². The number of carbonyl (C=O) groups is 1. The molecule has 22 heavy (non-hydrogen) atoms. The zero-order valence-electron chi connectivity index (χ0n) is 12.9. The Hall–Kier alpha value is -1.66. The van der Waals surface area contributed by atoms with Crippen LogP contribution in [0.1, 0.15) is 12.0 Å². The Morgan fingerprint density at radius 3 is 3.18 bits per heavy atom. The average molecular weight is 310 g/mol. The summed E-state index contributed by atoms with van der Waals surface area (Å²) in [4.78, 5) is 13.8. The number of amides is 2. The lowest BCUT2D eigenvalue weighted by Gasteiger charge is -2.32. The maximum atomic E-state index is 13.0. The van der Waals surface area contributed by atoms with Crippen LogP contribution in [0.5, 0.6) is 0 Å². The first kappa shape index (κ1) is 16.7. The summed E-state index contributed by atoms with van der Waals surface area (Å²) in [6.07, 6.45) is 1.46. The van der Waals surface area contributed by atoms with Crippen molar-refractivity contribution in [2.24, 2.45) is 0 Å². The van der Waals surface area contributed by atoms with Gasteiger partial charge in [0.1, 0.15) is 5.82 Å². The normalized spacial score (nSPS) is 18.3. The van der Waals surface area contributed by atoms with Crippen LogP contribution in [0.25, 0.3) is 0 Å². The Morgan fingerprint density at radius 1 is 1.55 bits per heavy atom. The van der Waals surface area contributed by atoms with Crippen molar-refractivity contribution in [2.45, 2.75) is 18.9 Å². The Labute approximate surface area is 130 Å². The Morgan fingerprint density at radius 2 is 2.41 bits per heavy atom. The van der Waals surface area contributed by atoms with Gasteiger partial charge in [0.25, 0.3) is 0 Å². The molecular weight excluding hydrogens is 287 g/mol. The third kappa shape index (κ3) is 5.27. The quantitative estimate of drug-likeness (QED) is 0.815. The minimum Gasteiger partial charge on any atom is -0.382 e. The van der Waals surface area contributed by atoms with Crippen molar-refractivity contribution in [2.75, 3.05) is 40.0 Å². The average Bonchev–Trinajstić information content (AvgIpc) is 2.52. The summed E-state index contributed by atoms with van der Waals surface area (Å²) in [6, 6.07) is 6.47. The molecule has 1 N–H and O–H groups in total. The van der Waals surface area contributed by atoms with Crippen LogP contribution in [-0.2, 0) is 15.9 Å². The highest BCUT2D eigenvalue weighted by atomic mass is 19.1. The second-order valence-electron chi connectivity index (χ2n) is 5.36.